The van der Waals surface area contributed by atoms with E-state index in [0.717, 1.165) is 17.9 Å². The van der Waals surface area contributed by atoms with E-state index in [1.54, 1.807) is 0 Å². The lowest BCUT2D eigenvalue weighted by Crippen LogP contribution is -2.29. The summed E-state index contributed by atoms with van der Waals surface area (Å²) in [5.74, 6) is 1.77. The van der Waals surface area contributed by atoms with Crippen LogP contribution in [0.2, 0.25) is 0 Å². The summed E-state index contributed by atoms with van der Waals surface area (Å²) in [5.41, 5.74) is 20.1. The zero-order valence-corrected chi connectivity index (χ0v) is 33.9. The van der Waals surface area contributed by atoms with Crippen LogP contribution in [0.25, 0.3) is 44.2 Å². The molecule has 0 saturated carbocycles. The quantitative estimate of drug-likeness (QED) is 0.167. The maximum absolute atomic E-state index is 4.91. The van der Waals surface area contributed by atoms with Gasteiger partial charge in [-0.1, -0.05) is 178 Å². The summed E-state index contributed by atoms with van der Waals surface area (Å²) in [6.07, 6.45) is 16.8. The fraction of sp³-hybridized carbons (Fsp3) is 0.121. The molecule has 1 heterocycles. The minimum atomic E-state index is 0.0380. The number of rotatable bonds is 6. The molecule has 0 fully saturated rings. The number of hydrogen-bond acceptors (Lipinski definition) is 2. The van der Waals surface area contributed by atoms with Crippen LogP contribution in [0.3, 0.4) is 0 Å². The van der Waals surface area contributed by atoms with Crippen LogP contribution in [0.1, 0.15) is 59.6 Å². The Balaban J connectivity index is 0.976. The number of allylic oxidation sites excluding steroid dienone is 12. The summed E-state index contributed by atoms with van der Waals surface area (Å²) in [6.45, 7) is 4.82. The van der Waals surface area contributed by atoms with Crippen LogP contribution in [0.15, 0.2) is 212 Å². The second kappa shape index (κ2) is 13.5. The monoisotopic (exact) mass is 768 g/mol. The summed E-state index contributed by atoms with van der Waals surface area (Å²) >= 11 is 0. The SMILES string of the molecule is CC1(C)c2ccccc2C2=CC=C(N(c3ccc(-c4ccc5c6c(cccc46)C4=C5C(c5ccccc5)C5C=CC=CC5=C4c4ccccc4)cc3)c3ccccn3)CC21. The highest BCUT2D eigenvalue weighted by Gasteiger charge is 2.45. The van der Waals surface area contributed by atoms with E-state index in [2.05, 4.69) is 207 Å². The van der Waals surface area contributed by atoms with Gasteiger partial charge < -0.3 is 0 Å². The molecule has 0 N–H and O–H groups in total. The van der Waals surface area contributed by atoms with Crippen LogP contribution in [-0.4, -0.2) is 4.98 Å². The summed E-state index contributed by atoms with van der Waals surface area (Å²) in [7, 11) is 0. The van der Waals surface area contributed by atoms with Gasteiger partial charge in [-0.05, 0) is 131 Å². The van der Waals surface area contributed by atoms with E-state index >= 15 is 0 Å². The van der Waals surface area contributed by atoms with Crippen LogP contribution in [-0.2, 0) is 5.41 Å². The van der Waals surface area contributed by atoms with E-state index < -0.39 is 0 Å². The Morgan fingerprint density at radius 3 is 2.17 bits per heavy atom. The molecule has 0 bridgehead atoms. The molecule has 1 aromatic heterocycles. The van der Waals surface area contributed by atoms with E-state index in [-0.39, 0.29) is 17.3 Å². The van der Waals surface area contributed by atoms with E-state index in [4.69, 9.17) is 4.98 Å². The van der Waals surface area contributed by atoms with E-state index in [9.17, 15) is 0 Å². The van der Waals surface area contributed by atoms with Gasteiger partial charge >= 0.3 is 0 Å². The van der Waals surface area contributed by atoms with Gasteiger partial charge in [-0.2, -0.15) is 0 Å². The first-order chi connectivity index (χ1) is 29.6. The average molecular weight is 769 g/mol. The number of nitrogens with zero attached hydrogens (tertiary/aromatic N) is 2. The molecule has 3 atom stereocenters. The zero-order valence-electron chi connectivity index (χ0n) is 33.9. The van der Waals surface area contributed by atoms with Crippen molar-refractivity contribution in [2.24, 2.45) is 11.8 Å². The first-order valence-corrected chi connectivity index (χ1v) is 21.4. The van der Waals surface area contributed by atoms with Crippen molar-refractivity contribution in [1.29, 1.82) is 0 Å². The van der Waals surface area contributed by atoms with E-state index in [1.165, 1.54) is 88.8 Å². The highest BCUT2D eigenvalue weighted by molar-refractivity contribution is 6.29. The molecule has 2 heteroatoms. The second-order valence-electron chi connectivity index (χ2n) is 17.4. The molecule has 7 aromatic rings. The van der Waals surface area contributed by atoms with Crippen molar-refractivity contribution < 1.29 is 0 Å². The summed E-state index contributed by atoms with van der Waals surface area (Å²) in [6, 6.07) is 58.4. The van der Waals surface area contributed by atoms with Crippen molar-refractivity contribution in [3.05, 3.63) is 245 Å². The highest BCUT2D eigenvalue weighted by Crippen LogP contribution is 2.61. The molecular weight excluding hydrogens is 725 g/mol. The molecule has 2 nitrogen and oxygen atoms in total. The molecular formula is C58H44N2. The van der Waals surface area contributed by atoms with Gasteiger partial charge in [0, 0.05) is 29.4 Å². The Labute approximate surface area is 352 Å². The van der Waals surface area contributed by atoms with E-state index in [0.29, 0.717) is 5.92 Å². The Kier molecular flexibility index (Phi) is 7.87. The lowest BCUT2D eigenvalue weighted by atomic mass is 9.66. The van der Waals surface area contributed by atoms with E-state index in [1.807, 2.05) is 12.3 Å². The minimum Gasteiger partial charge on any atom is -0.299 e. The number of aromatic nitrogens is 1. The van der Waals surface area contributed by atoms with Gasteiger partial charge in [-0.15, -0.1) is 0 Å². The van der Waals surface area contributed by atoms with Gasteiger partial charge in [0.2, 0.25) is 0 Å². The largest absolute Gasteiger partial charge is 0.299 e. The maximum atomic E-state index is 4.91. The van der Waals surface area contributed by atoms with Gasteiger partial charge in [0.1, 0.15) is 5.82 Å². The Morgan fingerprint density at radius 1 is 0.600 bits per heavy atom. The Bertz CT molecular complexity index is 3070. The maximum Gasteiger partial charge on any atom is 0.137 e. The lowest BCUT2D eigenvalue weighted by Gasteiger charge is -2.37. The first kappa shape index (κ1) is 35.0. The van der Waals surface area contributed by atoms with Crippen LogP contribution < -0.4 is 4.90 Å². The zero-order chi connectivity index (χ0) is 40.0. The molecule has 5 aliphatic rings. The molecule has 6 aromatic carbocycles. The standard InChI is InChI=1S/C58H44N2/c1-58(2)50-25-12-11-20-43(50)44-32-31-41(36-51(44)58)60(52-26-13-14-35-59-52)40-29-27-37(28-30-40)42-33-34-49-55-45(42)23-15-24-48(55)56-53(38-16-5-3-6-17-38)46-21-9-10-22-47(46)54(57(49)56)39-18-7-4-8-19-39/h3-35,47,51,54H,36H2,1-2H3. The lowest BCUT2D eigenvalue weighted by molar-refractivity contribution is 0.406. The topological polar surface area (TPSA) is 16.1 Å². The predicted molar refractivity (Wildman–Crippen MR) is 251 cm³/mol. The van der Waals surface area contributed by atoms with Gasteiger partial charge in [0.05, 0.1) is 0 Å². The molecule has 3 unspecified atom stereocenters. The fourth-order valence-corrected chi connectivity index (χ4v) is 11.3. The first-order valence-electron chi connectivity index (χ1n) is 21.4. The van der Waals surface area contributed by atoms with Crippen molar-refractivity contribution in [2.45, 2.75) is 31.6 Å². The fourth-order valence-electron chi connectivity index (χ4n) is 11.3. The van der Waals surface area contributed by atoms with Crippen LogP contribution in [0.4, 0.5) is 11.5 Å². The molecule has 286 valence electrons. The van der Waals surface area contributed by atoms with Gasteiger partial charge in [-0.25, -0.2) is 4.98 Å². The van der Waals surface area contributed by atoms with Crippen molar-refractivity contribution in [2.75, 3.05) is 4.90 Å². The molecule has 12 rings (SSSR count). The van der Waals surface area contributed by atoms with Gasteiger partial charge in [-0.3, -0.25) is 4.90 Å². The van der Waals surface area contributed by atoms with Crippen molar-refractivity contribution in [3.8, 4) is 11.1 Å². The van der Waals surface area contributed by atoms with Gasteiger partial charge in [0.15, 0.2) is 0 Å². The third-order valence-electron chi connectivity index (χ3n) is 14.0. The molecule has 0 amide bonds. The third kappa shape index (κ3) is 5.17. The average Bonchev–Trinajstić information content (AvgIpc) is 3.75. The second-order valence-corrected chi connectivity index (χ2v) is 17.4. The molecule has 0 aliphatic heterocycles. The number of pyridine rings is 1. The summed E-state index contributed by atoms with van der Waals surface area (Å²) in [5, 5.41) is 2.65. The Morgan fingerprint density at radius 2 is 1.35 bits per heavy atom. The third-order valence-corrected chi connectivity index (χ3v) is 14.0. The normalized spacial score (nSPS) is 20.3. The Hall–Kier alpha value is -7.03. The smallest absolute Gasteiger partial charge is 0.137 e. The molecule has 5 aliphatic carbocycles. The number of anilines is 2. The van der Waals surface area contributed by atoms with Crippen molar-refractivity contribution in [1.82, 2.24) is 4.98 Å². The van der Waals surface area contributed by atoms with Gasteiger partial charge in [0.25, 0.3) is 0 Å². The number of benzene rings is 6. The number of hydrogen-bond donors (Lipinski definition) is 0. The highest BCUT2D eigenvalue weighted by atomic mass is 15.2. The van der Waals surface area contributed by atoms with Crippen molar-refractivity contribution >= 4 is 44.6 Å². The predicted octanol–water partition coefficient (Wildman–Crippen LogP) is 14.5. The molecule has 0 spiro atoms. The molecule has 60 heavy (non-hydrogen) atoms. The number of fused-ring (bicyclic) bond motifs is 6. The minimum absolute atomic E-state index is 0.0380. The van der Waals surface area contributed by atoms with Crippen LogP contribution >= 0.6 is 0 Å². The van der Waals surface area contributed by atoms with Crippen molar-refractivity contribution in [3.63, 3.8) is 0 Å². The summed E-state index contributed by atoms with van der Waals surface area (Å²) < 4.78 is 0. The molecule has 0 radical (unpaired) electrons. The van der Waals surface area contributed by atoms with Crippen LogP contribution in [0.5, 0.6) is 0 Å². The molecule has 0 saturated heterocycles. The summed E-state index contributed by atoms with van der Waals surface area (Å²) in [4.78, 5) is 7.27. The van der Waals surface area contributed by atoms with Crippen LogP contribution in [0, 0.1) is 11.8 Å².